The number of halogens is 2. The van der Waals surface area contributed by atoms with Gasteiger partial charge in [0.05, 0.1) is 16.1 Å². The molecule has 1 heterocycles. The molecule has 7 nitrogen and oxygen atoms in total. The third-order valence-corrected chi connectivity index (χ3v) is 4.54. The first-order chi connectivity index (χ1) is 13.0. The fourth-order valence-corrected chi connectivity index (χ4v) is 3.00. The largest absolute Gasteiger partial charge is 0.493 e. The van der Waals surface area contributed by atoms with Crippen LogP contribution >= 0.6 is 27.5 Å². The number of nitrogens with zero attached hydrogens (tertiary/aromatic N) is 2. The lowest BCUT2D eigenvalue weighted by atomic mass is 10.2. The monoisotopic (exact) mass is 448 g/mol. The maximum atomic E-state index is 12.0. The van der Waals surface area contributed by atoms with Crippen molar-refractivity contribution in [3.8, 4) is 5.88 Å². The molecule has 0 atom stereocenters. The highest BCUT2D eigenvalue weighted by atomic mass is 79.9. The van der Waals surface area contributed by atoms with Gasteiger partial charge >= 0.3 is 0 Å². The fourth-order valence-electron chi connectivity index (χ4n) is 2.42. The second-order valence-electron chi connectivity index (χ2n) is 5.59. The summed E-state index contributed by atoms with van der Waals surface area (Å²) in [5.74, 6) is -1.07. The number of H-pyrrole nitrogens is 1. The van der Waals surface area contributed by atoms with Crippen molar-refractivity contribution in [1.29, 1.82) is 0 Å². The second-order valence-corrected chi connectivity index (χ2v) is 6.91. The molecule has 0 aliphatic rings. The van der Waals surface area contributed by atoms with E-state index in [0.717, 1.165) is 4.47 Å². The van der Waals surface area contributed by atoms with Crippen LogP contribution in [-0.4, -0.2) is 28.4 Å². The lowest BCUT2D eigenvalue weighted by molar-refractivity contribution is -0.118. The highest BCUT2D eigenvalue weighted by Gasteiger charge is 2.12. The van der Waals surface area contributed by atoms with E-state index in [2.05, 4.69) is 36.5 Å². The summed E-state index contributed by atoms with van der Waals surface area (Å²) in [7, 11) is 0. The number of aromatic amines is 1. The average Bonchev–Trinajstić information content (AvgIpc) is 2.94. The lowest BCUT2D eigenvalue weighted by Gasteiger charge is -2.04. The van der Waals surface area contributed by atoms with E-state index in [1.165, 1.54) is 0 Å². The zero-order valence-corrected chi connectivity index (χ0v) is 16.2. The standard InChI is InChI=1S/C18H14BrClN4O3/c19-10-5-6-14-12(9-10)16(18(27)22-14)24-23-15(25)7-8-21-17(26)11-3-1-2-4-13(11)20/h1-6,9,22,27H,7-8H2,(H,21,26). The Bertz CT molecular complexity index is 1050. The number of aromatic hydroxyl groups is 1. The molecule has 0 radical (unpaired) electrons. The molecule has 0 unspecified atom stereocenters. The van der Waals surface area contributed by atoms with Crippen LogP contribution in [0.3, 0.4) is 0 Å². The molecule has 0 fully saturated rings. The Morgan fingerprint density at radius 2 is 2.00 bits per heavy atom. The van der Waals surface area contributed by atoms with Gasteiger partial charge in [-0.2, -0.15) is 0 Å². The van der Waals surface area contributed by atoms with Crippen molar-refractivity contribution in [3.63, 3.8) is 0 Å². The molecule has 3 aromatic rings. The molecule has 27 heavy (non-hydrogen) atoms. The number of aromatic nitrogens is 1. The Morgan fingerprint density at radius 1 is 1.22 bits per heavy atom. The first-order valence-corrected chi connectivity index (χ1v) is 9.10. The van der Waals surface area contributed by atoms with Gasteiger partial charge in [-0.25, -0.2) is 0 Å². The first kappa shape index (κ1) is 19.1. The number of benzene rings is 2. The van der Waals surface area contributed by atoms with E-state index in [9.17, 15) is 14.7 Å². The molecule has 2 amide bonds. The highest BCUT2D eigenvalue weighted by molar-refractivity contribution is 9.10. The number of carbonyl (C=O) groups is 2. The molecule has 138 valence electrons. The van der Waals surface area contributed by atoms with Gasteiger partial charge < -0.3 is 15.4 Å². The summed E-state index contributed by atoms with van der Waals surface area (Å²) in [6, 6.07) is 12.0. The van der Waals surface area contributed by atoms with E-state index in [1.54, 1.807) is 36.4 Å². The van der Waals surface area contributed by atoms with Gasteiger partial charge in [0.25, 0.3) is 11.8 Å². The highest BCUT2D eigenvalue weighted by Crippen LogP contribution is 2.36. The van der Waals surface area contributed by atoms with Gasteiger partial charge in [0.15, 0.2) is 5.69 Å². The number of hydrogen-bond donors (Lipinski definition) is 3. The lowest BCUT2D eigenvalue weighted by Crippen LogP contribution is -2.25. The van der Waals surface area contributed by atoms with Crippen molar-refractivity contribution >= 4 is 55.9 Å². The van der Waals surface area contributed by atoms with Crippen LogP contribution in [0, 0.1) is 0 Å². The number of carbonyl (C=O) groups excluding carboxylic acids is 2. The van der Waals surface area contributed by atoms with Crippen molar-refractivity contribution in [1.82, 2.24) is 10.3 Å². The number of amides is 2. The van der Waals surface area contributed by atoms with Crippen molar-refractivity contribution in [3.05, 3.63) is 57.5 Å². The topological polar surface area (TPSA) is 107 Å². The molecule has 0 spiro atoms. The molecule has 0 saturated heterocycles. The van der Waals surface area contributed by atoms with Gasteiger partial charge in [-0.1, -0.05) is 39.7 Å². The molecule has 0 aliphatic carbocycles. The molecule has 1 aromatic heterocycles. The summed E-state index contributed by atoms with van der Waals surface area (Å²) in [5, 5.41) is 21.0. The Morgan fingerprint density at radius 3 is 2.78 bits per heavy atom. The van der Waals surface area contributed by atoms with E-state index >= 15 is 0 Å². The maximum Gasteiger partial charge on any atom is 0.266 e. The van der Waals surface area contributed by atoms with Crippen LogP contribution in [-0.2, 0) is 4.79 Å². The smallest absolute Gasteiger partial charge is 0.266 e. The Hall–Kier alpha value is -2.71. The zero-order valence-electron chi connectivity index (χ0n) is 13.9. The number of nitrogens with one attached hydrogen (secondary N) is 2. The Balaban J connectivity index is 1.60. The van der Waals surface area contributed by atoms with E-state index < -0.39 is 5.91 Å². The number of azo groups is 1. The van der Waals surface area contributed by atoms with E-state index in [1.807, 2.05) is 6.07 Å². The van der Waals surface area contributed by atoms with Crippen LogP contribution in [0.25, 0.3) is 10.9 Å². The van der Waals surface area contributed by atoms with Crippen molar-refractivity contribution in [2.24, 2.45) is 10.2 Å². The van der Waals surface area contributed by atoms with E-state index in [4.69, 9.17) is 11.6 Å². The summed E-state index contributed by atoms with van der Waals surface area (Å²) < 4.78 is 0.805. The summed E-state index contributed by atoms with van der Waals surface area (Å²) in [6.07, 6.45) is -0.0352. The summed E-state index contributed by atoms with van der Waals surface area (Å²) in [4.78, 5) is 26.7. The first-order valence-electron chi connectivity index (χ1n) is 7.93. The van der Waals surface area contributed by atoms with Gasteiger partial charge in [0, 0.05) is 22.8 Å². The maximum absolute atomic E-state index is 12.0. The average molecular weight is 450 g/mol. The van der Waals surface area contributed by atoms with Gasteiger partial charge in [0.1, 0.15) is 0 Å². The van der Waals surface area contributed by atoms with Crippen LogP contribution in [0.1, 0.15) is 16.8 Å². The predicted molar refractivity (Wildman–Crippen MR) is 106 cm³/mol. The van der Waals surface area contributed by atoms with Gasteiger partial charge in [0.2, 0.25) is 5.88 Å². The molecule has 0 aliphatic heterocycles. The normalized spacial score (nSPS) is 11.2. The number of hydrogen-bond acceptors (Lipinski definition) is 4. The minimum atomic E-state index is -0.529. The minimum Gasteiger partial charge on any atom is -0.493 e. The van der Waals surface area contributed by atoms with Crippen LogP contribution in [0.15, 0.2) is 57.2 Å². The van der Waals surface area contributed by atoms with Crippen LogP contribution in [0.2, 0.25) is 5.02 Å². The second kappa shape index (κ2) is 8.32. The number of fused-ring (bicyclic) bond motifs is 1. The Kier molecular flexibility index (Phi) is 5.88. The zero-order chi connectivity index (χ0) is 19.4. The fraction of sp³-hybridized carbons (Fsp3) is 0.111. The minimum absolute atomic E-state index is 0.0352. The third-order valence-electron chi connectivity index (χ3n) is 3.72. The SMILES string of the molecule is O=C(CCNC(=O)c1ccccc1Cl)N=Nc1c(O)[nH]c2ccc(Br)cc12. The van der Waals surface area contributed by atoms with Gasteiger partial charge in [-0.3, -0.25) is 9.59 Å². The van der Waals surface area contributed by atoms with Crippen LogP contribution < -0.4 is 5.32 Å². The number of rotatable bonds is 5. The molecule has 3 rings (SSSR count). The summed E-state index contributed by atoms with van der Waals surface area (Å²) in [6.45, 7) is 0.0906. The molecule has 9 heteroatoms. The molecule has 0 bridgehead atoms. The molecule has 2 aromatic carbocycles. The molecule has 3 N–H and O–H groups in total. The van der Waals surface area contributed by atoms with E-state index in [-0.39, 0.29) is 30.4 Å². The summed E-state index contributed by atoms with van der Waals surface area (Å²) >= 11 is 9.29. The van der Waals surface area contributed by atoms with E-state index in [0.29, 0.717) is 21.5 Å². The van der Waals surface area contributed by atoms with Crippen molar-refractivity contribution in [2.75, 3.05) is 6.54 Å². The van der Waals surface area contributed by atoms with Gasteiger partial charge in [-0.05, 0) is 30.3 Å². The summed E-state index contributed by atoms with van der Waals surface area (Å²) in [5.41, 5.74) is 1.19. The van der Waals surface area contributed by atoms with Crippen molar-refractivity contribution in [2.45, 2.75) is 6.42 Å². The van der Waals surface area contributed by atoms with Gasteiger partial charge in [-0.15, -0.1) is 10.2 Å². The van der Waals surface area contributed by atoms with Crippen molar-refractivity contribution < 1.29 is 14.7 Å². The Labute approximate surface area is 167 Å². The van der Waals surface area contributed by atoms with Crippen LogP contribution in [0.5, 0.6) is 5.88 Å². The molecular weight excluding hydrogens is 436 g/mol. The quantitative estimate of drug-likeness (QED) is 0.491. The molecule has 0 saturated carbocycles. The third kappa shape index (κ3) is 4.53. The molecular formula is C18H14BrClN4O3. The van der Waals surface area contributed by atoms with Crippen LogP contribution in [0.4, 0.5) is 5.69 Å². The predicted octanol–water partition coefficient (Wildman–Crippen LogP) is 4.72.